The maximum absolute atomic E-state index is 12.2. The highest BCUT2D eigenvalue weighted by Gasteiger charge is 2.22. The van der Waals surface area contributed by atoms with Gasteiger partial charge in [-0.05, 0) is 38.5 Å². The van der Waals surface area contributed by atoms with Crippen molar-refractivity contribution in [3.05, 3.63) is 64.2 Å². The summed E-state index contributed by atoms with van der Waals surface area (Å²) in [6.07, 6.45) is 0. The lowest BCUT2D eigenvalue weighted by molar-refractivity contribution is -0.384. The lowest BCUT2D eigenvalue weighted by Gasteiger charge is -2.16. The molecule has 0 aromatic heterocycles. The smallest absolute Gasteiger partial charge is 0.293 e. The van der Waals surface area contributed by atoms with Crippen molar-refractivity contribution in [1.82, 2.24) is 4.72 Å². The van der Waals surface area contributed by atoms with E-state index in [1.165, 1.54) is 12.1 Å². The van der Waals surface area contributed by atoms with Crippen molar-refractivity contribution in [2.45, 2.75) is 37.8 Å². The lowest BCUT2D eigenvalue weighted by atomic mass is 10.1. The summed E-state index contributed by atoms with van der Waals surface area (Å²) in [6, 6.07) is 12.9. The largest absolute Gasteiger partial charge is 0.373 e. The van der Waals surface area contributed by atoms with E-state index < -0.39 is 14.9 Å². The van der Waals surface area contributed by atoms with E-state index in [1.54, 1.807) is 13.8 Å². The lowest BCUT2D eigenvalue weighted by Crippen LogP contribution is -2.30. The van der Waals surface area contributed by atoms with Crippen molar-refractivity contribution >= 4 is 21.4 Å². The molecule has 134 valence electrons. The molecule has 0 bridgehead atoms. The van der Waals surface area contributed by atoms with Gasteiger partial charge < -0.3 is 5.32 Å². The second kappa shape index (κ2) is 7.62. The van der Waals surface area contributed by atoms with Gasteiger partial charge >= 0.3 is 0 Å². The molecule has 0 aliphatic carbocycles. The van der Waals surface area contributed by atoms with E-state index in [4.69, 9.17) is 0 Å². The molecule has 0 saturated heterocycles. The van der Waals surface area contributed by atoms with E-state index in [0.717, 1.165) is 11.6 Å². The van der Waals surface area contributed by atoms with Crippen molar-refractivity contribution in [3.63, 3.8) is 0 Å². The second-order valence-corrected chi connectivity index (χ2v) is 7.70. The fraction of sp³-hybridized carbons (Fsp3) is 0.294. The minimum absolute atomic E-state index is 0.134. The van der Waals surface area contributed by atoms with Crippen molar-refractivity contribution in [3.8, 4) is 0 Å². The molecular formula is C17H21N3O4S. The van der Waals surface area contributed by atoms with Crippen LogP contribution in [0.2, 0.25) is 0 Å². The van der Waals surface area contributed by atoms with Gasteiger partial charge in [-0.1, -0.05) is 30.3 Å². The number of sulfonamides is 1. The highest BCUT2D eigenvalue weighted by molar-refractivity contribution is 7.89. The summed E-state index contributed by atoms with van der Waals surface area (Å²) < 4.78 is 26.9. The average Bonchev–Trinajstić information content (AvgIpc) is 2.54. The van der Waals surface area contributed by atoms with Crippen molar-refractivity contribution in [2.24, 2.45) is 0 Å². The van der Waals surface area contributed by atoms with Gasteiger partial charge in [-0.15, -0.1) is 0 Å². The predicted molar refractivity (Wildman–Crippen MR) is 97.0 cm³/mol. The van der Waals surface area contributed by atoms with Crippen LogP contribution in [-0.2, 0) is 10.0 Å². The topological polar surface area (TPSA) is 101 Å². The van der Waals surface area contributed by atoms with Gasteiger partial charge in [0.25, 0.3) is 5.69 Å². The van der Waals surface area contributed by atoms with Crippen LogP contribution in [0.1, 0.15) is 32.4 Å². The minimum atomic E-state index is -3.80. The first-order valence-corrected chi connectivity index (χ1v) is 9.31. The first-order valence-electron chi connectivity index (χ1n) is 7.83. The summed E-state index contributed by atoms with van der Waals surface area (Å²) in [5.74, 6) is 0. The van der Waals surface area contributed by atoms with Crippen LogP contribution in [0.25, 0.3) is 0 Å². The number of hydrogen-bond donors (Lipinski definition) is 2. The molecule has 0 heterocycles. The van der Waals surface area contributed by atoms with E-state index in [2.05, 4.69) is 10.0 Å². The Bertz CT molecular complexity index is 851. The van der Waals surface area contributed by atoms with Crippen LogP contribution in [0.5, 0.6) is 0 Å². The van der Waals surface area contributed by atoms with Crippen LogP contribution in [0.3, 0.4) is 0 Å². The second-order valence-electron chi connectivity index (χ2n) is 5.99. The van der Waals surface area contributed by atoms with Crippen molar-refractivity contribution in [2.75, 3.05) is 5.32 Å². The van der Waals surface area contributed by atoms with Crippen molar-refractivity contribution in [1.29, 1.82) is 0 Å². The molecule has 0 saturated carbocycles. The fourth-order valence-electron chi connectivity index (χ4n) is 2.39. The van der Waals surface area contributed by atoms with E-state index in [9.17, 15) is 18.5 Å². The Labute approximate surface area is 147 Å². The maximum atomic E-state index is 12.2. The molecule has 7 nitrogen and oxygen atoms in total. The molecule has 2 aromatic carbocycles. The Balaban J connectivity index is 2.35. The molecular weight excluding hydrogens is 342 g/mol. The highest BCUT2D eigenvalue weighted by Crippen LogP contribution is 2.30. The monoisotopic (exact) mass is 363 g/mol. The van der Waals surface area contributed by atoms with E-state index in [0.29, 0.717) is 0 Å². The van der Waals surface area contributed by atoms with Gasteiger partial charge in [-0.2, -0.15) is 0 Å². The number of rotatable bonds is 7. The van der Waals surface area contributed by atoms with Gasteiger partial charge in [0.1, 0.15) is 5.69 Å². The van der Waals surface area contributed by atoms with Gasteiger partial charge in [0.2, 0.25) is 10.0 Å². The molecule has 0 aliphatic rings. The summed E-state index contributed by atoms with van der Waals surface area (Å²) >= 11 is 0. The number of benzene rings is 2. The standard InChI is InChI=1S/C17H21N3O4S/c1-12(2)19-25(23,24)15-9-10-16(17(11-15)20(21)22)18-13(3)14-7-5-4-6-8-14/h4-13,18-19H,1-3H3/t13-/m1/s1. The molecule has 0 fully saturated rings. The third-order valence-corrected chi connectivity index (χ3v) is 5.19. The van der Waals surface area contributed by atoms with E-state index in [-0.39, 0.29) is 28.4 Å². The fourth-order valence-corrected chi connectivity index (χ4v) is 3.66. The Hall–Kier alpha value is -2.45. The molecule has 2 rings (SSSR count). The normalized spacial score (nSPS) is 12.8. The molecule has 8 heteroatoms. The SMILES string of the molecule is CC(C)NS(=O)(=O)c1ccc(N[C@H](C)c2ccccc2)c([N+](=O)[O-])c1. The summed E-state index contributed by atoms with van der Waals surface area (Å²) in [5.41, 5.74) is 0.953. The third kappa shape index (κ3) is 4.77. The number of nitro benzene ring substituents is 1. The van der Waals surface area contributed by atoms with Gasteiger partial charge in [0, 0.05) is 18.2 Å². The molecule has 2 N–H and O–H groups in total. The number of nitrogens with one attached hydrogen (secondary N) is 2. The number of nitrogens with zero attached hydrogens (tertiary/aromatic N) is 1. The molecule has 0 amide bonds. The molecule has 0 unspecified atom stereocenters. The Morgan fingerprint density at radius 1 is 1.04 bits per heavy atom. The summed E-state index contributed by atoms with van der Waals surface area (Å²) in [6.45, 7) is 5.25. The Morgan fingerprint density at radius 3 is 2.24 bits per heavy atom. The zero-order valence-electron chi connectivity index (χ0n) is 14.3. The first kappa shape index (κ1) is 18.9. The number of anilines is 1. The minimum Gasteiger partial charge on any atom is -0.373 e. The van der Waals surface area contributed by atoms with E-state index >= 15 is 0 Å². The van der Waals surface area contributed by atoms with Crippen molar-refractivity contribution < 1.29 is 13.3 Å². The zero-order valence-corrected chi connectivity index (χ0v) is 15.1. The summed E-state index contributed by atoms with van der Waals surface area (Å²) in [4.78, 5) is 10.7. The molecule has 25 heavy (non-hydrogen) atoms. The van der Waals surface area contributed by atoms with Crippen LogP contribution in [0, 0.1) is 10.1 Å². The van der Waals surface area contributed by atoms with Gasteiger partial charge in [0.15, 0.2) is 0 Å². The molecule has 1 atom stereocenters. The molecule has 0 spiro atoms. The maximum Gasteiger partial charge on any atom is 0.293 e. The average molecular weight is 363 g/mol. The number of hydrogen-bond acceptors (Lipinski definition) is 5. The quantitative estimate of drug-likeness (QED) is 0.579. The summed E-state index contributed by atoms with van der Waals surface area (Å²) in [7, 11) is -3.80. The van der Waals surface area contributed by atoms with Gasteiger partial charge in [0.05, 0.1) is 9.82 Å². The Kier molecular flexibility index (Phi) is 5.76. The van der Waals surface area contributed by atoms with Crippen LogP contribution < -0.4 is 10.0 Å². The van der Waals surface area contributed by atoms with Gasteiger partial charge in [-0.25, -0.2) is 13.1 Å². The van der Waals surface area contributed by atoms with Gasteiger partial charge in [-0.3, -0.25) is 10.1 Å². The van der Waals surface area contributed by atoms with Crippen LogP contribution in [-0.4, -0.2) is 19.4 Å². The van der Waals surface area contributed by atoms with Crippen LogP contribution >= 0.6 is 0 Å². The first-order chi connectivity index (χ1) is 11.7. The van der Waals surface area contributed by atoms with Crippen LogP contribution in [0.15, 0.2) is 53.4 Å². The predicted octanol–water partition coefficient (Wildman–Crippen LogP) is 3.45. The molecule has 0 aliphatic heterocycles. The zero-order chi connectivity index (χ0) is 18.6. The molecule has 2 aromatic rings. The molecule has 0 radical (unpaired) electrons. The van der Waals surface area contributed by atoms with E-state index in [1.807, 2.05) is 37.3 Å². The third-order valence-electron chi connectivity index (χ3n) is 3.54. The number of nitro groups is 1. The van der Waals surface area contributed by atoms with Crippen LogP contribution in [0.4, 0.5) is 11.4 Å². The Morgan fingerprint density at radius 2 is 1.68 bits per heavy atom. The highest BCUT2D eigenvalue weighted by atomic mass is 32.2. The summed E-state index contributed by atoms with van der Waals surface area (Å²) in [5, 5.41) is 14.5.